The highest BCUT2D eigenvalue weighted by Crippen LogP contribution is 2.41. The molecule has 2 fully saturated rings. The molecular formula is C16H30N2O5Si. The molecule has 0 aliphatic carbocycles. The minimum atomic E-state index is -2.08. The highest BCUT2D eigenvalue weighted by atomic mass is 28.4. The quantitative estimate of drug-likeness (QED) is 0.778. The molecule has 0 aromatic heterocycles. The van der Waals surface area contributed by atoms with E-state index in [4.69, 9.17) is 13.9 Å². The summed E-state index contributed by atoms with van der Waals surface area (Å²) in [4.78, 5) is 24.0. The maximum atomic E-state index is 12.6. The molecule has 8 heteroatoms. The molecule has 0 radical (unpaired) electrons. The van der Waals surface area contributed by atoms with Crippen molar-refractivity contribution in [3.05, 3.63) is 0 Å². The highest BCUT2D eigenvalue weighted by molar-refractivity contribution is 6.74. The van der Waals surface area contributed by atoms with Crippen molar-refractivity contribution in [1.29, 1.82) is 0 Å². The fourth-order valence-electron chi connectivity index (χ4n) is 2.73. The van der Waals surface area contributed by atoms with Crippen molar-refractivity contribution in [2.45, 2.75) is 83.8 Å². The molecule has 1 N–H and O–H groups in total. The first-order chi connectivity index (χ1) is 10.7. The summed E-state index contributed by atoms with van der Waals surface area (Å²) in [6.07, 6.45) is -1.58. The number of ether oxygens (including phenoxy) is 2. The van der Waals surface area contributed by atoms with E-state index in [1.54, 1.807) is 13.8 Å². The van der Waals surface area contributed by atoms with Crippen molar-refractivity contribution in [1.82, 2.24) is 10.4 Å². The van der Waals surface area contributed by atoms with Crippen molar-refractivity contribution < 1.29 is 23.5 Å². The van der Waals surface area contributed by atoms with E-state index in [0.29, 0.717) is 0 Å². The van der Waals surface area contributed by atoms with Gasteiger partial charge in [0.1, 0.15) is 6.10 Å². The van der Waals surface area contributed by atoms with E-state index in [1.807, 2.05) is 0 Å². The van der Waals surface area contributed by atoms with Crippen LogP contribution in [0.25, 0.3) is 0 Å². The van der Waals surface area contributed by atoms with E-state index in [9.17, 15) is 9.59 Å². The predicted molar refractivity (Wildman–Crippen MR) is 91.4 cm³/mol. The van der Waals surface area contributed by atoms with Crippen LogP contribution in [0.3, 0.4) is 0 Å². The highest BCUT2D eigenvalue weighted by Gasteiger charge is 2.56. The van der Waals surface area contributed by atoms with E-state index in [-0.39, 0.29) is 29.5 Å². The summed E-state index contributed by atoms with van der Waals surface area (Å²) in [5, 5.41) is 1.32. The summed E-state index contributed by atoms with van der Waals surface area (Å²) in [6.45, 7) is 16.0. The molecule has 7 nitrogen and oxygen atoms in total. The number of hydrogen-bond donors (Lipinski definition) is 1. The van der Waals surface area contributed by atoms with Crippen molar-refractivity contribution >= 4 is 20.1 Å². The number of rotatable bonds is 3. The molecule has 2 rings (SSSR count). The van der Waals surface area contributed by atoms with Crippen molar-refractivity contribution in [2.75, 3.05) is 6.54 Å². The van der Waals surface area contributed by atoms with E-state index in [1.165, 1.54) is 11.9 Å². The fourth-order valence-corrected chi connectivity index (χ4v) is 4.05. The molecule has 2 saturated heterocycles. The Morgan fingerprint density at radius 3 is 2.42 bits per heavy atom. The van der Waals surface area contributed by atoms with Gasteiger partial charge in [-0.1, -0.05) is 20.8 Å². The second kappa shape index (κ2) is 6.08. The second-order valence-corrected chi connectivity index (χ2v) is 13.3. The topological polar surface area (TPSA) is 77.1 Å². The van der Waals surface area contributed by atoms with Crippen molar-refractivity contribution in [3.8, 4) is 0 Å². The van der Waals surface area contributed by atoms with Gasteiger partial charge in [0.05, 0.1) is 12.6 Å². The van der Waals surface area contributed by atoms with Crippen LogP contribution in [0.1, 0.15) is 41.5 Å². The molecule has 138 valence electrons. The Morgan fingerprint density at radius 2 is 1.92 bits per heavy atom. The molecule has 2 heterocycles. The van der Waals surface area contributed by atoms with Crippen LogP contribution >= 0.6 is 0 Å². The van der Waals surface area contributed by atoms with Gasteiger partial charge in [0, 0.05) is 6.92 Å². The molecule has 0 aromatic rings. The number of nitrogens with one attached hydrogen (secondary N) is 1. The van der Waals surface area contributed by atoms with Gasteiger partial charge >= 0.3 is 0 Å². The number of nitrogens with zero attached hydrogens (tertiary/aromatic N) is 1. The van der Waals surface area contributed by atoms with E-state index in [0.717, 1.165) is 0 Å². The maximum absolute atomic E-state index is 12.6. The summed E-state index contributed by atoms with van der Waals surface area (Å²) in [5.41, 5.74) is 2.57. The zero-order valence-corrected chi connectivity index (χ0v) is 16.9. The summed E-state index contributed by atoms with van der Waals surface area (Å²) >= 11 is 0. The summed E-state index contributed by atoms with van der Waals surface area (Å²) in [6, 6.07) is 0. The summed E-state index contributed by atoms with van der Waals surface area (Å²) in [7, 11) is -2.08. The SMILES string of the molecule is CC(=O)NN1C[C@@H](O[Si](C)(C)C(C)(C)C)[C@H]2OC(C)(C)O[C@H]2C1=O. The fraction of sp³-hybridized carbons (Fsp3) is 0.875. The normalized spacial score (nSPS) is 30.2. The minimum Gasteiger partial charge on any atom is -0.409 e. The molecule has 24 heavy (non-hydrogen) atoms. The first kappa shape index (κ1) is 19.4. The first-order valence-corrected chi connectivity index (χ1v) is 11.3. The maximum Gasteiger partial charge on any atom is 0.273 e. The molecule has 0 unspecified atom stereocenters. The van der Waals surface area contributed by atoms with Gasteiger partial charge in [-0.15, -0.1) is 0 Å². The third-order valence-corrected chi connectivity index (χ3v) is 9.42. The van der Waals surface area contributed by atoms with Gasteiger partial charge in [-0.3, -0.25) is 15.0 Å². The number of carbonyl (C=O) groups excluding carboxylic acids is 2. The van der Waals surface area contributed by atoms with Crippen LogP contribution in [0.2, 0.25) is 18.1 Å². The van der Waals surface area contributed by atoms with Crippen LogP contribution in [0.4, 0.5) is 0 Å². The standard InChI is InChI=1S/C16H30N2O5Si/c1-10(19)17-18-9-11(23-24(7,8)15(2,3)4)12-13(14(18)20)22-16(5,6)21-12/h11-13H,9H2,1-8H3,(H,17,19)/t11-,12-,13-/m1/s1. The lowest BCUT2D eigenvalue weighted by Gasteiger charge is -2.44. The third kappa shape index (κ3) is 3.82. The van der Waals surface area contributed by atoms with Gasteiger partial charge in [0.15, 0.2) is 20.2 Å². The van der Waals surface area contributed by atoms with Gasteiger partial charge in [0.25, 0.3) is 5.91 Å². The number of amides is 2. The number of hydrazine groups is 1. The van der Waals surface area contributed by atoms with Crippen molar-refractivity contribution in [2.24, 2.45) is 0 Å². The summed E-state index contributed by atoms with van der Waals surface area (Å²) in [5.74, 6) is -1.45. The van der Waals surface area contributed by atoms with Crippen LogP contribution in [-0.2, 0) is 23.5 Å². The monoisotopic (exact) mass is 358 g/mol. The average molecular weight is 359 g/mol. The zero-order chi connectivity index (χ0) is 18.5. The third-order valence-electron chi connectivity index (χ3n) is 4.91. The molecule has 0 bridgehead atoms. The largest absolute Gasteiger partial charge is 0.409 e. The molecule has 3 atom stereocenters. The number of fused-ring (bicyclic) bond motifs is 1. The molecular weight excluding hydrogens is 328 g/mol. The Balaban J connectivity index is 2.27. The van der Waals surface area contributed by atoms with Crippen LogP contribution in [0, 0.1) is 0 Å². The Kier molecular flexibility index (Phi) is 4.91. The predicted octanol–water partition coefficient (Wildman–Crippen LogP) is 1.79. The van der Waals surface area contributed by atoms with E-state index >= 15 is 0 Å². The molecule has 0 aromatic carbocycles. The number of hydrogen-bond acceptors (Lipinski definition) is 5. The lowest BCUT2D eigenvalue weighted by Crippen LogP contribution is -2.64. The second-order valence-electron chi connectivity index (χ2n) is 8.55. The van der Waals surface area contributed by atoms with E-state index < -0.39 is 26.3 Å². The molecule has 2 aliphatic heterocycles. The van der Waals surface area contributed by atoms with Crippen LogP contribution < -0.4 is 5.43 Å². The van der Waals surface area contributed by atoms with E-state index in [2.05, 4.69) is 39.3 Å². The smallest absolute Gasteiger partial charge is 0.273 e. The van der Waals surface area contributed by atoms with Gasteiger partial charge in [0.2, 0.25) is 5.91 Å². The molecule has 2 amide bonds. The number of piperidine rings is 1. The van der Waals surface area contributed by atoms with Gasteiger partial charge in [-0.05, 0) is 32.0 Å². The zero-order valence-electron chi connectivity index (χ0n) is 15.9. The lowest BCUT2D eigenvalue weighted by molar-refractivity contribution is -0.163. The Labute approximate surface area is 145 Å². The molecule has 0 saturated carbocycles. The molecule has 0 spiro atoms. The van der Waals surface area contributed by atoms with Crippen LogP contribution in [0.5, 0.6) is 0 Å². The molecule has 2 aliphatic rings. The van der Waals surface area contributed by atoms with Crippen molar-refractivity contribution in [3.63, 3.8) is 0 Å². The van der Waals surface area contributed by atoms with Gasteiger partial charge in [-0.25, -0.2) is 5.01 Å². The Morgan fingerprint density at radius 1 is 1.33 bits per heavy atom. The first-order valence-electron chi connectivity index (χ1n) is 8.35. The number of carbonyl (C=O) groups is 2. The Hall–Kier alpha value is -0.963. The van der Waals surface area contributed by atoms with Gasteiger partial charge in [-0.2, -0.15) is 0 Å². The minimum absolute atomic E-state index is 0.0256. The Bertz CT molecular complexity index is 529. The van der Waals surface area contributed by atoms with Crippen LogP contribution in [0.15, 0.2) is 0 Å². The lowest BCUT2D eigenvalue weighted by atomic mass is 10.0. The average Bonchev–Trinajstić information content (AvgIpc) is 2.69. The summed E-state index contributed by atoms with van der Waals surface area (Å²) < 4.78 is 18.2. The van der Waals surface area contributed by atoms with Crippen LogP contribution in [-0.4, -0.2) is 55.8 Å². The van der Waals surface area contributed by atoms with Gasteiger partial charge < -0.3 is 13.9 Å².